The molecule has 0 aliphatic heterocycles. The molecule has 0 aliphatic rings. The van der Waals surface area contributed by atoms with E-state index >= 15 is 0 Å². The molecule has 3 N–H and O–H groups in total. The van der Waals surface area contributed by atoms with E-state index in [0.717, 1.165) is 11.3 Å². The number of rotatable bonds is 4. The topological polar surface area (TPSA) is 112 Å². The van der Waals surface area contributed by atoms with Gasteiger partial charge in [0.1, 0.15) is 14.8 Å². The number of nitrogens with one attached hydrogen (secondary N) is 2. The van der Waals surface area contributed by atoms with E-state index in [4.69, 9.17) is 5.11 Å². The Morgan fingerprint density at radius 2 is 2.28 bits per heavy atom. The highest BCUT2D eigenvalue weighted by atomic mass is 32.2. The molecule has 96 valence electrons. The van der Waals surface area contributed by atoms with Gasteiger partial charge < -0.3 is 5.11 Å². The molecule has 18 heavy (non-hydrogen) atoms. The van der Waals surface area contributed by atoms with Crippen molar-refractivity contribution in [1.29, 1.82) is 0 Å². The van der Waals surface area contributed by atoms with Crippen LogP contribution in [0.25, 0.3) is 0 Å². The Bertz CT molecular complexity index is 673. The lowest BCUT2D eigenvalue weighted by Crippen LogP contribution is -2.11. The quantitative estimate of drug-likeness (QED) is 0.784. The summed E-state index contributed by atoms with van der Waals surface area (Å²) in [6.45, 7) is 1.61. The zero-order chi connectivity index (χ0) is 13.3. The van der Waals surface area contributed by atoms with Crippen molar-refractivity contribution in [3.63, 3.8) is 0 Å². The summed E-state index contributed by atoms with van der Waals surface area (Å²) in [5.41, 5.74) is 0.511. The number of anilines is 1. The van der Waals surface area contributed by atoms with Crippen molar-refractivity contribution in [2.45, 2.75) is 11.8 Å². The second kappa shape index (κ2) is 4.42. The third-order valence-electron chi connectivity index (χ3n) is 2.13. The smallest absolute Gasteiger partial charge is 0.346 e. The van der Waals surface area contributed by atoms with Gasteiger partial charge >= 0.3 is 5.97 Å². The highest BCUT2D eigenvalue weighted by molar-refractivity contribution is 7.93. The first kappa shape index (κ1) is 12.6. The number of aromatic nitrogens is 2. The van der Waals surface area contributed by atoms with Crippen LogP contribution in [0.1, 0.15) is 15.2 Å². The highest BCUT2D eigenvalue weighted by Gasteiger charge is 2.19. The van der Waals surface area contributed by atoms with Gasteiger partial charge in [-0.05, 0) is 18.6 Å². The van der Waals surface area contributed by atoms with Gasteiger partial charge in [-0.15, -0.1) is 11.3 Å². The third kappa shape index (κ3) is 2.36. The third-order valence-corrected chi connectivity index (χ3v) is 4.73. The van der Waals surface area contributed by atoms with Crippen LogP contribution >= 0.6 is 11.3 Å². The summed E-state index contributed by atoms with van der Waals surface area (Å²) in [6, 6.07) is 1.48. The number of carboxylic acids is 1. The van der Waals surface area contributed by atoms with Crippen LogP contribution < -0.4 is 4.72 Å². The number of carbonyl (C=O) groups is 1. The van der Waals surface area contributed by atoms with E-state index in [-0.39, 0.29) is 14.8 Å². The number of hydrogen-bond donors (Lipinski definition) is 3. The van der Waals surface area contributed by atoms with Gasteiger partial charge in [0.05, 0.1) is 6.20 Å². The number of H-pyrrole nitrogens is 1. The number of aryl methyl sites for hydroxylation is 1. The summed E-state index contributed by atoms with van der Waals surface area (Å²) < 4.78 is 26.0. The summed E-state index contributed by atoms with van der Waals surface area (Å²) in [6.07, 6.45) is 2.40. The van der Waals surface area contributed by atoms with E-state index in [1.165, 1.54) is 18.5 Å². The molecule has 0 saturated carbocycles. The molecule has 2 rings (SSSR count). The van der Waals surface area contributed by atoms with E-state index in [0.29, 0.717) is 5.56 Å². The fraction of sp³-hybridized carbons (Fsp3) is 0.111. The van der Waals surface area contributed by atoms with Crippen molar-refractivity contribution >= 4 is 32.3 Å². The number of thiophene rings is 1. The van der Waals surface area contributed by atoms with Crippen molar-refractivity contribution in [1.82, 2.24) is 10.2 Å². The number of sulfonamides is 1. The Kier molecular flexibility index (Phi) is 3.09. The molecule has 0 fully saturated rings. The van der Waals surface area contributed by atoms with Gasteiger partial charge in [0.25, 0.3) is 10.0 Å². The first-order chi connectivity index (χ1) is 8.40. The van der Waals surface area contributed by atoms with Crippen LogP contribution in [-0.4, -0.2) is 29.7 Å². The molecule has 2 aromatic rings. The predicted octanol–water partition coefficient (Wildman–Crippen LogP) is 1.28. The molecule has 2 aromatic heterocycles. The van der Waals surface area contributed by atoms with E-state index < -0.39 is 16.0 Å². The van der Waals surface area contributed by atoms with Crippen LogP contribution in [0.3, 0.4) is 0 Å². The zero-order valence-corrected chi connectivity index (χ0v) is 10.8. The van der Waals surface area contributed by atoms with E-state index in [2.05, 4.69) is 14.9 Å². The average Bonchev–Trinajstić information content (AvgIpc) is 2.86. The number of hydrogen-bond acceptors (Lipinski definition) is 5. The van der Waals surface area contributed by atoms with Gasteiger partial charge in [-0.3, -0.25) is 9.82 Å². The van der Waals surface area contributed by atoms with Crippen LogP contribution in [-0.2, 0) is 10.0 Å². The fourth-order valence-corrected chi connectivity index (χ4v) is 3.42. The van der Waals surface area contributed by atoms with Crippen LogP contribution in [0, 0.1) is 6.92 Å². The maximum absolute atomic E-state index is 11.8. The van der Waals surface area contributed by atoms with Crippen molar-refractivity contribution in [3.8, 4) is 0 Å². The number of carboxylic acid groups (broad SMARTS) is 1. The zero-order valence-electron chi connectivity index (χ0n) is 9.17. The number of aromatic amines is 1. The molecule has 2 heterocycles. The highest BCUT2D eigenvalue weighted by Crippen LogP contribution is 2.28. The molecule has 0 amide bonds. The van der Waals surface area contributed by atoms with Crippen molar-refractivity contribution in [3.05, 3.63) is 28.9 Å². The van der Waals surface area contributed by atoms with Crippen molar-refractivity contribution < 1.29 is 18.3 Å². The summed E-state index contributed by atoms with van der Waals surface area (Å²) in [7, 11) is -3.73. The van der Waals surface area contributed by atoms with E-state index in [1.54, 1.807) is 6.92 Å². The minimum atomic E-state index is -3.73. The molecule has 0 radical (unpaired) electrons. The summed E-state index contributed by atoms with van der Waals surface area (Å²) >= 11 is 0.871. The molecule has 0 atom stereocenters. The SMILES string of the molecule is Cc1cc(NS(=O)(=O)c2cn[nH]c2)sc1C(=O)O. The van der Waals surface area contributed by atoms with Crippen LogP contribution in [0.2, 0.25) is 0 Å². The second-order valence-corrected chi connectivity index (χ2v) is 6.20. The minimum absolute atomic E-state index is 0.00886. The Morgan fingerprint density at radius 1 is 1.56 bits per heavy atom. The van der Waals surface area contributed by atoms with Gasteiger partial charge in [-0.2, -0.15) is 5.10 Å². The molecule has 0 saturated heterocycles. The predicted molar refractivity (Wildman–Crippen MR) is 65.4 cm³/mol. The standard InChI is InChI=1S/C9H9N3O4S2/c1-5-2-7(17-8(5)9(13)14)12-18(15,16)6-3-10-11-4-6/h2-4,12H,1H3,(H,10,11)(H,13,14). The van der Waals surface area contributed by atoms with Gasteiger partial charge in [0.2, 0.25) is 0 Å². The van der Waals surface area contributed by atoms with Gasteiger partial charge in [-0.25, -0.2) is 13.2 Å². The molecule has 7 nitrogen and oxygen atoms in total. The second-order valence-electron chi connectivity index (χ2n) is 3.47. The number of aromatic carboxylic acids is 1. The Morgan fingerprint density at radius 3 is 2.78 bits per heavy atom. The van der Waals surface area contributed by atoms with Crippen LogP contribution in [0.5, 0.6) is 0 Å². The fourth-order valence-electron chi connectivity index (χ4n) is 1.32. The van der Waals surface area contributed by atoms with Gasteiger partial charge in [0.15, 0.2) is 0 Å². The average molecular weight is 287 g/mol. The number of nitrogens with zero attached hydrogens (tertiary/aromatic N) is 1. The molecular formula is C9H9N3O4S2. The summed E-state index contributed by atoms with van der Waals surface area (Å²) in [5.74, 6) is -1.08. The van der Waals surface area contributed by atoms with Crippen molar-refractivity contribution in [2.75, 3.05) is 4.72 Å². The monoisotopic (exact) mass is 287 g/mol. The van der Waals surface area contributed by atoms with E-state index in [1.807, 2.05) is 0 Å². The molecule has 0 spiro atoms. The lowest BCUT2D eigenvalue weighted by Gasteiger charge is -2.01. The maximum atomic E-state index is 11.8. The Labute approximate surface area is 107 Å². The van der Waals surface area contributed by atoms with Gasteiger partial charge in [-0.1, -0.05) is 0 Å². The lowest BCUT2D eigenvalue weighted by molar-refractivity contribution is 0.0701. The minimum Gasteiger partial charge on any atom is -0.477 e. The Balaban J connectivity index is 2.30. The molecule has 0 unspecified atom stereocenters. The molecule has 0 aliphatic carbocycles. The lowest BCUT2D eigenvalue weighted by atomic mass is 10.3. The molecule has 0 bridgehead atoms. The van der Waals surface area contributed by atoms with Crippen LogP contribution in [0.15, 0.2) is 23.4 Å². The summed E-state index contributed by atoms with van der Waals surface area (Å²) in [4.78, 5) is 10.9. The molecule has 0 aromatic carbocycles. The Hall–Kier alpha value is -1.87. The van der Waals surface area contributed by atoms with Crippen LogP contribution in [0.4, 0.5) is 5.00 Å². The normalized spacial score (nSPS) is 11.4. The largest absolute Gasteiger partial charge is 0.477 e. The van der Waals surface area contributed by atoms with Crippen molar-refractivity contribution in [2.24, 2.45) is 0 Å². The van der Waals surface area contributed by atoms with E-state index in [9.17, 15) is 13.2 Å². The van der Waals surface area contributed by atoms with Gasteiger partial charge in [0, 0.05) is 6.20 Å². The maximum Gasteiger partial charge on any atom is 0.346 e. The molecular weight excluding hydrogens is 278 g/mol. The summed E-state index contributed by atoms with van der Waals surface area (Å²) in [5, 5.41) is 15.1. The first-order valence-electron chi connectivity index (χ1n) is 4.75. The first-order valence-corrected chi connectivity index (χ1v) is 7.05. The molecule has 9 heteroatoms.